The van der Waals surface area contributed by atoms with Gasteiger partial charge in [0.1, 0.15) is 0 Å². The van der Waals surface area contributed by atoms with E-state index in [1.165, 1.54) is 12.8 Å². The minimum atomic E-state index is -0.0154. The molecule has 3 rings (SSSR count). The summed E-state index contributed by atoms with van der Waals surface area (Å²) in [5.41, 5.74) is 1.10. The highest BCUT2D eigenvalue weighted by atomic mass is 16.7. The van der Waals surface area contributed by atoms with Crippen LogP contribution in [0.2, 0.25) is 0 Å². The van der Waals surface area contributed by atoms with Crippen LogP contribution in [-0.4, -0.2) is 37.2 Å². The van der Waals surface area contributed by atoms with Gasteiger partial charge in [0.2, 0.25) is 12.7 Å². The van der Waals surface area contributed by atoms with Crippen LogP contribution in [0.15, 0.2) is 18.2 Å². The molecule has 1 saturated carbocycles. The molecule has 1 aliphatic heterocycles. The summed E-state index contributed by atoms with van der Waals surface area (Å²) in [5, 5.41) is 3.13. The second kappa shape index (κ2) is 8.09. The van der Waals surface area contributed by atoms with E-state index in [4.69, 9.17) is 9.47 Å². The Labute approximate surface area is 150 Å². The van der Waals surface area contributed by atoms with Crippen molar-refractivity contribution in [3.63, 3.8) is 0 Å². The summed E-state index contributed by atoms with van der Waals surface area (Å²) < 4.78 is 10.9. The zero-order chi connectivity index (χ0) is 17.8. The van der Waals surface area contributed by atoms with E-state index >= 15 is 0 Å². The molecule has 1 unspecified atom stereocenters. The molecule has 1 amide bonds. The summed E-state index contributed by atoms with van der Waals surface area (Å²) in [5.74, 6) is 2.57. The Morgan fingerprint density at radius 1 is 1.24 bits per heavy atom. The lowest BCUT2D eigenvalue weighted by Gasteiger charge is -2.37. The summed E-state index contributed by atoms with van der Waals surface area (Å²) in [6, 6.07) is 6.34. The highest BCUT2D eigenvalue weighted by Gasteiger charge is 2.30. The van der Waals surface area contributed by atoms with E-state index < -0.39 is 0 Å². The number of fused-ring (bicyclic) bond motifs is 1. The van der Waals surface area contributed by atoms with Crippen molar-refractivity contribution in [3.05, 3.63) is 23.8 Å². The molecule has 2 aliphatic rings. The topological polar surface area (TPSA) is 50.8 Å². The number of nitrogens with one attached hydrogen (secondary N) is 1. The lowest BCUT2D eigenvalue weighted by atomic mass is 9.86. The molecule has 0 aromatic heterocycles. The summed E-state index contributed by atoms with van der Waals surface area (Å²) in [6.07, 6.45) is 4.61. The highest BCUT2D eigenvalue weighted by molar-refractivity contribution is 5.79. The Morgan fingerprint density at radius 2 is 1.96 bits per heavy atom. The fraction of sp³-hybridized carbons (Fsp3) is 0.650. The van der Waals surface area contributed by atoms with Gasteiger partial charge in [0, 0.05) is 25.0 Å². The molecule has 1 aliphatic carbocycles. The zero-order valence-electron chi connectivity index (χ0n) is 15.6. The molecule has 1 fully saturated rings. The van der Waals surface area contributed by atoms with Crippen LogP contribution in [-0.2, 0) is 11.3 Å². The van der Waals surface area contributed by atoms with Gasteiger partial charge < -0.3 is 19.7 Å². The third-order valence-corrected chi connectivity index (χ3v) is 5.43. The van der Waals surface area contributed by atoms with Gasteiger partial charge in [-0.3, -0.25) is 4.79 Å². The number of nitrogens with zero attached hydrogens (tertiary/aromatic N) is 1. The highest BCUT2D eigenvalue weighted by Crippen LogP contribution is 2.34. The van der Waals surface area contributed by atoms with Gasteiger partial charge >= 0.3 is 0 Å². The molecule has 0 radical (unpaired) electrons. The molecular weight excluding hydrogens is 316 g/mol. The summed E-state index contributed by atoms with van der Waals surface area (Å²) >= 11 is 0. The van der Waals surface area contributed by atoms with E-state index in [2.05, 4.69) is 17.1 Å². The smallest absolute Gasteiger partial charge is 0.231 e. The quantitative estimate of drug-likeness (QED) is 0.859. The van der Waals surface area contributed by atoms with Crippen molar-refractivity contribution in [1.29, 1.82) is 0 Å². The third kappa shape index (κ3) is 4.27. The first-order chi connectivity index (χ1) is 12.1. The second-order valence-electron chi connectivity index (χ2n) is 7.53. The van der Waals surface area contributed by atoms with Gasteiger partial charge in [-0.1, -0.05) is 19.9 Å². The molecule has 0 bridgehead atoms. The monoisotopic (exact) mass is 346 g/mol. The van der Waals surface area contributed by atoms with Crippen molar-refractivity contribution in [1.82, 2.24) is 10.2 Å². The van der Waals surface area contributed by atoms with Crippen LogP contribution in [0.1, 0.15) is 45.1 Å². The number of hydrogen-bond donors (Lipinski definition) is 1. The fourth-order valence-corrected chi connectivity index (χ4v) is 3.85. The number of carbonyl (C=O) groups excluding carboxylic acids is 1. The van der Waals surface area contributed by atoms with Gasteiger partial charge in [-0.2, -0.15) is 0 Å². The number of amides is 1. The van der Waals surface area contributed by atoms with Gasteiger partial charge in [0.25, 0.3) is 0 Å². The maximum atomic E-state index is 13.1. The molecular formula is C20H30N2O3. The molecule has 138 valence electrons. The molecule has 0 spiro atoms. The van der Waals surface area contributed by atoms with Crippen LogP contribution in [0.5, 0.6) is 11.5 Å². The SMILES string of the molecule is CNCC(C)C(=O)N(Cc1ccc2c(c1)OCO2)C1CCC(C)CC1. The van der Waals surface area contributed by atoms with Crippen molar-refractivity contribution in [2.75, 3.05) is 20.4 Å². The van der Waals surface area contributed by atoms with Crippen molar-refractivity contribution in [2.45, 2.75) is 52.1 Å². The number of rotatable bonds is 6. The predicted molar refractivity (Wildman–Crippen MR) is 97.6 cm³/mol. The van der Waals surface area contributed by atoms with Crippen LogP contribution in [0.3, 0.4) is 0 Å². The fourth-order valence-electron chi connectivity index (χ4n) is 3.85. The predicted octanol–water partition coefficient (Wildman–Crippen LogP) is 3.18. The molecule has 1 N–H and O–H groups in total. The van der Waals surface area contributed by atoms with Gasteiger partial charge in [0.05, 0.1) is 0 Å². The summed E-state index contributed by atoms with van der Waals surface area (Å²) in [6.45, 7) is 5.95. The van der Waals surface area contributed by atoms with Crippen LogP contribution < -0.4 is 14.8 Å². The van der Waals surface area contributed by atoms with E-state index in [-0.39, 0.29) is 18.6 Å². The molecule has 1 aromatic rings. The Bertz CT molecular complexity index is 597. The first kappa shape index (κ1) is 18.1. The first-order valence-corrected chi connectivity index (χ1v) is 9.42. The van der Waals surface area contributed by atoms with Crippen molar-refractivity contribution < 1.29 is 14.3 Å². The van der Waals surface area contributed by atoms with Gasteiger partial charge in [-0.15, -0.1) is 0 Å². The largest absolute Gasteiger partial charge is 0.454 e. The van der Waals surface area contributed by atoms with E-state index in [0.29, 0.717) is 19.1 Å². The van der Waals surface area contributed by atoms with Gasteiger partial charge in [-0.05, 0) is 56.3 Å². The van der Waals surface area contributed by atoms with E-state index in [1.54, 1.807) is 0 Å². The lowest BCUT2D eigenvalue weighted by Crippen LogP contribution is -2.45. The molecule has 1 aromatic carbocycles. The van der Waals surface area contributed by atoms with Crippen LogP contribution >= 0.6 is 0 Å². The standard InChI is InChI=1S/C20H30N2O3/c1-14-4-7-17(8-5-14)22(20(23)15(2)11-21-3)12-16-6-9-18-19(10-16)25-13-24-18/h6,9-10,14-15,17,21H,4-5,7-8,11-13H2,1-3H3. The van der Waals surface area contributed by atoms with Crippen molar-refractivity contribution in [3.8, 4) is 11.5 Å². The molecule has 25 heavy (non-hydrogen) atoms. The Kier molecular flexibility index (Phi) is 5.84. The van der Waals surface area contributed by atoms with E-state index in [0.717, 1.165) is 35.8 Å². The Morgan fingerprint density at radius 3 is 2.68 bits per heavy atom. The lowest BCUT2D eigenvalue weighted by molar-refractivity contribution is -0.138. The average Bonchev–Trinajstić information content (AvgIpc) is 3.08. The molecule has 5 nitrogen and oxygen atoms in total. The number of carbonyl (C=O) groups is 1. The normalized spacial score (nSPS) is 23.3. The maximum absolute atomic E-state index is 13.1. The minimum Gasteiger partial charge on any atom is -0.454 e. The van der Waals surface area contributed by atoms with E-state index in [1.807, 2.05) is 32.2 Å². The van der Waals surface area contributed by atoms with Crippen LogP contribution in [0, 0.1) is 11.8 Å². The molecule has 5 heteroatoms. The third-order valence-electron chi connectivity index (χ3n) is 5.43. The maximum Gasteiger partial charge on any atom is 0.231 e. The minimum absolute atomic E-state index is 0.0154. The number of benzene rings is 1. The Balaban J connectivity index is 1.76. The number of hydrogen-bond acceptors (Lipinski definition) is 4. The molecule has 0 saturated heterocycles. The molecule has 1 atom stereocenters. The zero-order valence-corrected chi connectivity index (χ0v) is 15.6. The van der Waals surface area contributed by atoms with Crippen LogP contribution in [0.4, 0.5) is 0 Å². The number of ether oxygens (including phenoxy) is 2. The average molecular weight is 346 g/mol. The second-order valence-corrected chi connectivity index (χ2v) is 7.53. The van der Waals surface area contributed by atoms with Crippen molar-refractivity contribution in [2.24, 2.45) is 11.8 Å². The summed E-state index contributed by atoms with van der Waals surface area (Å²) in [7, 11) is 1.90. The Hall–Kier alpha value is -1.75. The van der Waals surface area contributed by atoms with E-state index in [9.17, 15) is 4.79 Å². The van der Waals surface area contributed by atoms with Gasteiger partial charge in [-0.25, -0.2) is 0 Å². The van der Waals surface area contributed by atoms with Gasteiger partial charge in [0.15, 0.2) is 11.5 Å². The summed E-state index contributed by atoms with van der Waals surface area (Å²) in [4.78, 5) is 15.2. The van der Waals surface area contributed by atoms with Crippen LogP contribution in [0.25, 0.3) is 0 Å². The molecule has 1 heterocycles. The van der Waals surface area contributed by atoms with Crippen molar-refractivity contribution >= 4 is 5.91 Å². The first-order valence-electron chi connectivity index (χ1n) is 9.42.